The number of amides is 4. The molecular weight excluding hydrogens is 601 g/mol. The fourth-order valence-corrected chi connectivity index (χ4v) is 6.81. The van der Waals surface area contributed by atoms with E-state index < -0.39 is 17.5 Å². The molecule has 1 aliphatic rings. The molecule has 13 heteroatoms. The van der Waals surface area contributed by atoms with Crippen molar-refractivity contribution < 1.29 is 23.9 Å². The third kappa shape index (κ3) is 8.48. The van der Waals surface area contributed by atoms with E-state index in [9.17, 15) is 19.2 Å². The van der Waals surface area contributed by atoms with Gasteiger partial charge >= 0.3 is 0 Å². The highest BCUT2D eigenvalue weighted by atomic mass is 32.1. The molecule has 4 bridgehead atoms. The Morgan fingerprint density at radius 1 is 1.02 bits per heavy atom. The van der Waals surface area contributed by atoms with Crippen LogP contribution in [0.3, 0.4) is 0 Å². The van der Waals surface area contributed by atoms with Gasteiger partial charge in [-0.05, 0) is 38.2 Å². The molecule has 44 heavy (non-hydrogen) atoms. The lowest BCUT2D eigenvalue weighted by Gasteiger charge is -2.31. The molecule has 0 saturated carbocycles. The Morgan fingerprint density at radius 2 is 1.68 bits per heavy atom. The lowest BCUT2D eigenvalue weighted by Crippen LogP contribution is -2.48. The minimum absolute atomic E-state index is 0.00391. The number of benzene rings is 1. The number of hydrogen-bond donors (Lipinski definition) is 3. The fourth-order valence-electron chi connectivity index (χ4n) is 4.94. The number of hydrogen-bond acceptors (Lipinski definition) is 9. The summed E-state index contributed by atoms with van der Waals surface area (Å²) in [5.41, 5.74) is 0.615. The summed E-state index contributed by atoms with van der Waals surface area (Å²) in [4.78, 5) is 64.0. The molecule has 0 fully saturated rings. The number of aromatic nitrogens is 2. The topological polar surface area (TPSA) is 143 Å². The van der Waals surface area contributed by atoms with Crippen LogP contribution in [0, 0.1) is 11.3 Å². The van der Waals surface area contributed by atoms with E-state index in [-0.39, 0.29) is 67.2 Å². The number of rotatable bonds is 6. The molecule has 0 unspecified atom stereocenters. The van der Waals surface area contributed by atoms with Crippen LogP contribution in [-0.4, -0.2) is 71.8 Å². The number of carbonyl (C=O) groups excluding carboxylic acids is 4. The van der Waals surface area contributed by atoms with Crippen molar-refractivity contribution in [2.75, 3.05) is 33.4 Å². The van der Waals surface area contributed by atoms with E-state index in [1.165, 1.54) is 34.7 Å². The number of methoxy groups -OCH3 is 1. The SMILES string of the molecule is COCC(C)(C)C(=O)N1CCCNC(=O)c2csc(n2)[C@H](C(C)C)NC(=O)c2csc(n2)[C@H](Cc2ccccc2)NC(=O)C1. The third-order valence-corrected chi connectivity index (χ3v) is 9.13. The van der Waals surface area contributed by atoms with Gasteiger partial charge in [-0.2, -0.15) is 0 Å². The zero-order chi connectivity index (χ0) is 31.9. The summed E-state index contributed by atoms with van der Waals surface area (Å²) in [6, 6.07) is 8.76. The molecule has 236 valence electrons. The quantitative estimate of drug-likeness (QED) is 0.372. The largest absolute Gasteiger partial charge is 0.384 e. The number of fused-ring (bicyclic) bond motifs is 4. The van der Waals surface area contributed by atoms with Crippen LogP contribution in [-0.2, 0) is 20.7 Å². The van der Waals surface area contributed by atoms with Crippen LogP contribution in [0.5, 0.6) is 0 Å². The molecule has 0 saturated heterocycles. The molecular formula is C31H40N6O5S2. The summed E-state index contributed by atoms with van der Waals surface area (Å²) in [6.45, 7) is 8.03. The molecule has 1 aliphatic heterocycles. The predicted octanol–water partition coefficient (Wildman–Crippen LogP) is 3.76. The molecule has 0 aliphatic carbocycles. The van der Waals surface area contributed by atoms with Crippen LogP contribution >= 0.6 is 22.7 Å². The van der Waals surface area contributed by atoms with Crippen LogP contribution in [0.2, 0.25) is 0 Å². The lowest BCUT2D eigenvalue weighted by molar-refractivity contribution is -0.146. The van der Waals surface area contributed by atoms with Gasteiger partial charge in [-0.25, -0.2) is 9.97 Å². The molecule has 4 rings (SSSR count). The van der Waals surface area contributed by atoms with E-state index >= 15 is 0 Å². The molecule has 4 amide bonds. The van der Waals surface area contributed by atoms with Crippen molar-refractivity contribution in [3.63, 3.8) is 0 Å². The van der Waals surface area contributed by atoms with Crippen molar-refractivity contribution in [2.45, 2.75) is 52.6 Å². The maximum Gasteiger partial charge on any atom is 0.271 e. The maximum absolute atomic E-state index is 13.6. The Balaban J connectivity index is 1.68. The monoisotopic (exact) mass is 640 g/mol. The molecule has 2 aromatic heterocycles. The number of ether oxygens (including phenoxy) is 1. The van der Waals surface area contributed by atoms with Crippen molar-refractivity contribution in [3.8, 4) is 0 Å². The Kier molecular flexibility index (Phi) is 11.2. The van der Waals surface area contributed by atoms with E-state index in [0.29, 0.717) is 22.9 Å². The van der Waals surface area contributed by atoms with E-state index in [2.05, 4.69) is 25.9 Å². The first kappa shape index (κ1) is 33.2. The molecule has 1 aromatic carbocycles. The normalized spacial score (nSPS) is 19.0. The van der Waals surface area contributed by atoms with Crippen LogP contribution in [0.1, 0.15) is 82.8 Å². The first-order valence-electron chi connectivity index (χ1n) is 14.6. The van der Waals surface area contributed by atoms with Gasteiger partial charge in [-0.3, -0.25) is 19.2 Å². The average molecular weight is 641 g/mol. The molecule has 0 radical (unpaired) electrons. The average Bonchev–Trinajstić information content (AvgIpc) is 3.67. The van der Waals surface area contributed by atoms with E-state index in [1.54, 1.807) is 24.6 Å². The van der Waals surface area contributed by atoms with Crippen LogP contribution in [0.15, 0.2) is 41.1 Å². The minimum Gasteiger partial charge on any atom is -0.384 e. The van der Waals surface area contributed by atoms with Gasteiger partial charge in [0.1, 0.15) is 21.4 Å². The first-order chi connectivity index (χ1) is 21.0. The van der Waals surface area contributed by atoms with Gasteiger partial charge < -0.3 is 25.6 Å². The number of nitrogens with one attached hydrogen (secondary N) is 3. The Labute approximate surface area is 265 Å². The summed E-state index contributed by atoms with van der Waals surface area (Å²) < 4.78 is 5.28. The lowest BCUT2D eigenvalue weighted by atomic mass is 9.92. The maximum atomic E-state index is 13.6. The highest BCUT2D eigenvalue weighted by Crippen LogP contribution is 2.27. The van der Waals surface area contributed by atoms with Crippen LogP contribution in [0.25, 0.3) is 0 Å². The van der Waals surface area contributed by atoms with Gasteiger partial charge in [-0.15, -0.1) is 22.7 Å². The molecule has 3 N–H and O–H groups in total. The Morgan fingerprint density at radius 3 is 2.36 bits per heavy atom. The summed E-state index contributed by atoms with van der Waals surface area (Å²) in [5.74, 6) is -1.30. The van der Waals surface area contributed by atoms with Crippen LogP contribution < -0.4 is 16.0 Å². The van der Waals surface area contributed by atoms with Gasteiger partial charge in [-0.1, -0.05) is 44.2 Å². The van der Waals surface area contributed by atoms with Crippen molar-refractivity contribution >= 4 is 46.3 Å². The zero-order valence-electron chi connectivity index (χ0n) is 25.7. The summed E-state index contributed by atoms with van der Waals surface area (Å²) >= 11 is 2.61. The highest BCUT2D eigenvalue weighted by molar-refractivity contribution is 7.10. The first-order valence-corrected chi connectivity index (χ1v) is 16.4. The van der Waals surface area contributed by atoms with Crippen molar-refractivity contribution in [1.82, 2.24) is 30.8 Å². The second-order valence-corrected chi connectivity index (χ2v) is 13.6. The van der Waals surface area contributed by atoms with Gasteiger partial charge in [0, 0.05) is 31.0 Å². The van der Waals surface area contributed by atoms with E-state index in [4.69, 9.17) is 4.74 Å². The summed E-state index contributed by atoms with van der Waals surface area (Å²) in [5, 5.41) is 13.5. The van der Waals surface area contributed by atoms with Crippen molar-refractivity contribution in [2.24, 2.45) is 11.3 Å². The third-order valence-electron chi connectivity index (χ3n) is 7.24. The second kappa shape index (κ2) is 14.9. The van der Waals surface area contributed by atoms with Gasteiger partial charge in [0.15, 0.2) is 0 Å². The Bertz CT molecular complexity index is 1450. The standard InChI is InChI=1S/C31H40N6O5S2/c1-19(2)25-29-35-22(16-44-29)26(39)32-12-9-13-37(30(41)31(3,4)18-42-5)15-24(38)33-21(14-20-10-7-6-8-11-20)28-34-23(17-43-28)27(40)36-25/h6-8,10-11,16-17,19,21,25H,9,12-15,18H2,1-5H3,(H,32,39)(H,33,38)(H,36,40)/t21-,25-/m0/s1. The molecule has 3 aromatic rings. The number of carbonyl (C=O) groups is 4. The van der Waals surface area contributed by atoms with Crippen molar-refractivity contribution in [1.29, 1.82) is 0 Å². The fraction of sp³-hybridized carbons (Fsp3) is 0.484. The van der Waals surface area contributed by atoms with Crippen LogP contribution in [0.4, 0.5) is 0 Å². The second-order valence-electron chi connectivity index (χ2n) is 11.8. The van der Waals surface area contributed by atoms with Gasteiger partial charge in [0.25, 0.3) is 11.8 Å². The summed E-state index contributed by atoms with van der Waals surface area (Å²) in [6.07, 6.45) is 0.881. The van der Waals surface area contributed by atoms with Gasteiger partial charge in [0.05, 0.1) is 30.7 Å². The van der Waals surface area contributed by atoms with E-state index in [0.717, 1.165) is 5.56 Å². The Hall–Kier alpha value is -3.68. The molecule has 3 heterocycles. The smallest absolute Gasteiger partial charge is 0.271 e. The van der Waals surface area contributed by atoms with Crippen molar-refractivity contribution in [3.05, 3.63) is 68.1 Å². The minimum atomic E-state index is -0.863. The van der Waals surface area contributed by atoms with Gasteiger partial charge in [0.2, 0.25) is 11.8 Å². The van der Waals surface area contributed by atoms with E-state index in [1.807, 2.05) is 44.2 Å². The predicted molar refractivity (Wildman–Crippen MR) is 169 cm³/mol. The molecule has 0 spiro atoms. The number of nitrogens with zero attached hydrogens (tertiary/aromatic N) is 3. The molecule has 11 nitrogen and oxygen atoms in total. The molecule has 2 atom stereocenters. The highest BCUT2D eigenvalue weighted by Gasteiger charge is 2.34. The summed E-state index contributed by atoms with van der Waals surface area (Å²) in [7, 11) is 1.53. The number of thiazole rings is 2. The zero-order valence-corrected chi connectivity index (χ0v) is 27.3.